The number of hydrogen-bond acceptors (Lipinski definition) is 4. The molecule has 0 unspecified atom stereocenters. The van der Waals surface area contributed by atoms with Gasteiger partial charge in [-0.05, 0) is 27.7 Å². The van der Waals surface area contributed by atoms with Crippen LogP contribution in [0.4, 0.5) is 0 Å². The summed E-state index contributed by atoms with van der Waals surface area (Å²) in [5.41, 5.74) is -0.688. The smallest absolute Gasteiger partial charge is 0.286 e. The Morgan fingerprint density at radius 1 is 1.29 bits per heavy atom. The molecule has 0 saturated carbocycles. The molecular weight excluding hydrogens is 180 g/mol. The Bertz CT molecular complexity index is 237. The maximum absolute atomic E-state index is 9.95. The fourth-order valence-electron chi connectivity index (χ4n) is 2.34. The molecule has 4 heteroatoms. The van der Waals surface area contributed by atoms with Crippen molar-refractivity contribution in [2.45, 2.75) is 57.7 Å². The summed E-state index contributed by atoms with van der Waals surface area (Å²) >= 11 is 0. The largest absolute Gasteiger partial charge is 0.424 e. The summed E-state index contributed by atoms with van der Waals surface area (Å²) in [6, 6.07) is 0. The van der Waals surface area contributed by atoms with Crippen LogP contribution in [-0.2, 0) is 4.74 Å². The van der Waals surface area contributed by atoms with Gasteiger partial charge < -0.3 is 9.94 Å². The lowest BCUT2D eigenvalue weighted by molar-refractivity contribution is -0.256. The van der Waals surface area contributed by atoms with Crippen molar-refractivity contribution in [2.24, 2.45) is 0 Å². The molecule has 4 nitrogen and oxygen atoms in total. The molecule has 1 heterocycles. The van der Waals surface area contributed by atoms with Crippen molar-refractivity contribution >= 4 is 0 Å². The predicted molar refractivity (Wildman–Crippen MR) is 51.5 cm³/mol. The van der Waals surface area contributed by atoms with Crippen LogP contribution in [0.15, 0.2) is 0 Å². The standard InChI is InChI=1S/C10H18N2O2/c1-9(2)5-8(14-7-11)6-10(3,4)12(9)13/h8,13H,5-6H2,1-4H3. The Kier molecular flexibility index (Phi) is 2.75. The first kappa shape index (κ1) is 11.3. The van der Waals surface area contributed by atoms with E-state index in [1.807, 2.05) is 27.7 Å². The lowest BCUT2D eigenvalue weighted by Crippen LogP contribution is -2.60. The first-order chi connectivity index (χ1) is 6.29. The molecule has 80 valence electrons. The Balaban J connectivity index is 2.81. The molecule has 0 aliphatic carbocycles. The SMILES string of the molecule is CC1(C)CC(OC#N)CC(C)(C)N1O. The van der Waals surface area contributed by atoms with Gasteiger partial charge in [0.1, 0.15) is 6.10 Å². The van der Waals surface area contributed by atoms with E-state index in [-0.39, 0.29) is 17.2 Å². The quantitative estimate of drug-likeness (QED) is 0.654. The van der Waals surface area contributed by atoms with Crippen molar-refractivity contribution in [1.29, 1.82) is 5.26 Å². The van der Waals surface area contributed by atoms with Crippen molar-refractivity contribution < 1.29 is 9.94 Å². The average molecular weight is 198 g/mol. The van der Waals surface area contributed by atoms with E-state index >= 15 is 0 Å². The Morgan fingerprint density at radius 2 is 1.71 bits per heavy atom. The lowest BCUT2D eigenvalue weighted by Gasteiger charge is -2.50. The molecule has 0 aromatic rings. The predicted octanol–water partition coefficient (Wildman–Crippen LogP) is 1.89. The van der Waals surface area contributed by atoms with Crippen LogP contribution >= 0.6 is 0 Å². The van der Waals surface area contributed by atoms with Gasteiger partial charge in [-0.15, -0.1) is 0 Å². The number of rotatable bonds is 1. The van der Waals surface area contributed by atoms with Crippen molar-refractivity contribution in [1.82, 2.24) is 5.06 Å². The van der Waals surface area contributed by atoms with Gasteiger partial charge in [0, 0.05) is 23.9 Å². The van der Waals surface area contributed by atoms with Crippen LogP contribution in [0.2, 0.25) is 0 Å². The van der Waals surface area contributed by atoms with Crippen LogP contribution in [0, 0.1) is 11.5 Å². The van der Waals surface area contributed by atoms with Gasteiger partial charge in [-0.1, -0.05) is 0 Å². The van der Waals surface area contributed by atoms with Crippen LogP contribution < -0.4 is 0 Å². The second-order valence-corrected chi connectivity index (χ2v) is 5.18. The second kappa shape index (κ2) is 3.41. The van der Waals surface area contributed by atoms with Gasteiger partial charge in [0.2, 0.25) is 0 Å². The van der Waals surface area contributed by atoms with Gasteiger partial charge in [-0.3, -0.25) is 0 Å². The summed E-state index contributed by atoms with van der Waals surface area (Å²) in [5, 5.41) is 19.8. The van der Waals surface area contributed by atoms with Gasteiger partial charge in [0.05, 0.1) is 0 Å². The highest BCUT2D eigenvalue weighted by atomic mass is 16.5. The van der Waals surface area contributed by atoms with Crippen LogP contribution in [0.5, 0.6) is 0 Å². The molecule has 0 amide bonds. The molecule has 0 aromatic carbocycles. The third kappa shape index (κ3) is 1.99. The fourth-order valence-corrected chi connectivity index (χ4v) is 2.34. The molecule has 0 atom stereocenters. The van der Waals surface area contributed by atoms with Crippen molar-refractivity contribution in [3.8, 4) is 6.26 Å². The summed E-state index contributed by atoms with van der Waals surface area (Å²) in [6.45, 7) is 7.78. The monoisotopic (exact) mass is 198 g/mol. The number of nitriles is 1. The van der Waals surface area contributed by atoms with Crippen molar-refractivity contribution in [3.05, 3.63) is 0 Å². The van der Waals surface area contributed by atoms with E-state index in [0.717, 1.165) is 0 Å². The molecule has 1 fully saturated rings. The number of nitrogens with zero attached hydrogens (tertiary/aromatic N) is 2. The first-order valence-electron chi connectivity index (χ1n) is 4.83. The van der Waals surface area contributed by atoms with Crippen LogP contribution in [-0.4, -0.2) is 27.5 Å². The molecule has 1 rings (SSSR count). The summed E-state index contributed by atoms with van der Waals surface area (Å²) in [4.78, 5) is 0. The van der Waals surface area contributed by atoms with Crippen LogP contribution in [0.1, 0.15) is 40.5 Å². The molecule has 0 radical (unpaired) electrons. The highest BCUT2D eigenvalue weighted by Crippen LogP contribution is 2.37. The van der Waals surface area contributed by atoms with Gasteiger partial charge in [-0.2, -0.15) is 10.3 Å². The lowest BCUT2D eigenvalue weighted by atomic mass is 9.80. The maximum atomic E-state index is 9.95. The van der Waals surface area contributed by atoms with Gasteiger partial charge in [0.15, 0.2) is 0 Å². The first-order valence-corrected chi connectivity index (χ1v) is 4.83. The van der Waals surface area contributed by atoms with E-state index in [1.54, 1.807) is 6.26 Å². The zero-order valence-electron chi connectivity index (χ0n) is 9.24. The van der Waals surface area contributed by atoms with Gasteiger partial charge >= 0.3 is 0 Å². The van der Waals surface area contributed by atoms with E-state index < -0.39 is 0 Å². The minimum atomic E-state index is -0.344. The van der Waals surface area contributed by atoms with Crippen LogP contribution in [0.3, 0.4) is 0 Å². The number of piperidine rings is 1. The molecule has 0 bridgehead atoms. The zero-order chi connectivity index (χ0) is 11.0. The molecule has 0 spiro atoms. The van der Waals surface area contributed by atoms with E-state index in [1.165, 1.54) is 5.06 Å². The second-order valence-electron chi connectivity index (χ2n) is 5.18. The zero-order valence-corrected chi connectivity index (χ0v) is 9.24. The third-order valence-corrected chi connectivity index (χ3v) is 2.82. The summed E-state index contributed by atoms with van der Waals surface area (Å²) in [5.74, 6) is 0. The Labute approximate surface area is 85.0 Å². The van der Waals surface area contributed by atoms with E-state index in [4.69, 9.17) is 10.00 Å². The minimum absolute atomic E-state index is 0.0894. The normalized spacial score (nSPS) is 26.9. The third-order valence-electron chi connectivity index (χ3n) is 2.82. The molecule has 1 N–H and O–H groups in total. The Morgan fingerprint density at radius 3 is 2.07 bits per heavy atom. The number of hydrogen-bond donors (Lipinski definition) is 1. The number of ether oxygens (including phenoxy) is 1. The molecule has 1 aliphatic rings. The fraction of sp³-hybridized carbons (Fsp3) is 0.900. The van der Waals surface area contributed by atoms with Gasteiger partial charge in [0.25, 0.3) is 6.26 Å². The topological polar surface area (TPSA) is 56.5 Å². The Hall–Kier alpha value is -0.790. The average Bonchev–Trinajstić information content (AvgIpc) is 1.99. The molecule has 1 saturated heterocycles. The van der Waals surface area contributed by atoms with Crippen molar-refractivity contribution in [2.75, 3.05) is 0 Å². The molecular formula is C10H18N2O2. The van der Waals surface area contributed by atoms with Gasteiger partial charge in [-0.25, -0.2) is 0 Å². The summed E-state index contributed by atoms with van der Waals surface area (Å²) < 4.78 is 4.97. The van der Waals surface area contributed by atoms with Crippen molar-refractivity contribution in [3.63, 3.8) is 0 Å². The highest BCUT2D eigenvalue weighted by molar-refractivity contribution is 4.97. The van der Waals surface area contributed by atoms with E-state index in [0.29, 0.717) is 12.8 Å². The minimum Gasteiger partial charge on any atom is -0.424 e. The molecule has 1 aliphatic heterocycles. The van der Waals surface area contributed by atoms with E-state index in [2.05, 4.69) is 0 Å². The summed E-state index contributed by atoms with van der Waals surface area (Å²) in [7, 11) is 0. The maximum Gasteiger partial charge on any atom is 0.286 e. The number of hydroxylamine groups is 2. The highest BCUT2D eigenvalue weighted by Gasteiger charge is 2.45. The van der Waals surface area contributed by atoms with E-state index in [9.17, 15) is 5.21 Å². The summed E-state index contributed by atoms with van der Waals surface area (Å²) in [6.07, 6.45) is 2.97. The van der Waals surface area contributed by atoms with Crippen LogP contribution in [0.25, 0.3) is 0 Å². The molecule has 14 heavy (non-hydrogen) atoms. The molecule has 0 aromatic heterocycles.